The molecule has 0 saturated carbocycles. The summed E-state index contributed by atoms with van der Waals surface area (Å²) in [6.07, 6.45) is 3.81. The van der Waals surface area contributed by atoms with Gasteiger partial charge >= 0.3 is 0 Å². The van der Waals surface area contributed by atoms with Crippen LogP contribution in [0, 0.1) is 0 Å². The largest absolute Gasteiger partial charge is 0.334 e. The lowest BCUT2D eigenvalue weighted by Crippen LogP contribution is -2.42. The fraction of sp³-hybridized carbons (Fsp3) is 0.400. The lowest BCUT2D eigenvalue weighted by molar-refractivity contribution is 0.233. The standard InChI is InChI=1S/C15H20N4/c1-18-9-8-17-15(18)14-4-2-13(3-5-14)12-19-10-6-16-7-11-19/h2-5,8-9,16H,6-7,10-12H2,1H3. The van der Waals surface area contributed by atoms with Gasteiger partial charge in [-0.05, 0) is 5.56 Å². The van der Waals surface area contributed by atoms with Crippen molar-refractivity contribution in [2.45, 2.75) is 6.54 Å². The predicted octanol–water partition coefficient (Wildman–Crippen LogP) is 1.49. The van der Waals surface area contributed by atoms with Crippen LogP contribution in [-0.4, -0.2) is 40.6 Å². The van der Waals surface area contributed by atoms with Crippen LogP contribution >= 0.6 is 0 Å². The molecule has 0 radical (unpaired) electrons. The Balaban J connectivity index is 1.70. The minimum atomic E-state index is 1.02. The zero-order chi connectivity index (χ0) is 13.1. The van der Waals surface area contributed by atoms with Crippen LogP contribution in [0.25, 0.3) is 11.4 Å². The van der Waals surface area contributed by atoms with Gasteiger partial charge in [-0.25, -0.2) is 4.98 Å². The van der Waals surface area contributed by atoms with Gasteiger partial charge in [-0.1, -0.05) is 24.3 Å². The summed E-state index contributed by atoms with van der Waals surface area (Å²) in [6.45, 7) is 5.53. The highest BCUT2D eigenvalue weighted by molar-refractivity contribution is 5.55. The first-order chi connectivity index (χ1) is 9.33. The molecule has 1 N–H and O–H groups in total. The minimum absolute atomic E-state index is 1.02. The molecule has 1 aromatic carbocycles. The van der Waals surface area contributed by atoms with E-state index in [9.17, 15) is 0 Å². The number of imidazole rings is 1. The molecule has 1 aliphatic rings. The number of nitrogens with zero attached hydrogens (tertiary/aromatic N) is 3. The fourth-order valence-corrected chi connectivity index (χ4v) is 2.53. The Morgan fingerprint density at radius 1 is 1.16 bits per heavy atom. The third-order valence-electron chi connectivity index (χ3n) is 3.65. The summed E-state index contributed by atoms with van der Waals surface area (Å²) in [4.78, 5) is 6.87. The molecule has 1 fully saturated rings. The number of aryl methyl sites for hydroxylation is 1. The highest BCUT2D eigenvalue weighted by atomic mass is 15.2. The highest BCUT2D eigenvalue weighted by Gasteiger charge is 2.10. The van der Waals surface area contributed by atoms with Gasteiger partial charge < -0.3 is 9.88 Å². The smallest absolute Gasteiger partial charge is 0.139 e. The summed E-state index contributed by atoms with van der Waals surface area (Å²) in [5.41, 5.74) is 2.55. The van der Waals surface area contributed by atoms with Crippen molar-refractivity contribution in [1.82, 2.24) is 19.8 Å². The average molecular weight is 256 g/mol. The molecule has 1 saturated heterocycles. The van der Waals surface area contributed by atoms with Crippen molar-refractivity contribution in [2.24, 2.45) is 7.05 Å². The first-order valence-electron chi connectivity index (χ1n) is 6.82. The van der Waals surface area contributed by atoms with E-state index in [1.54, 1.807) is 0 Å². The van der Waals surface area contributed by atoms with Gasteiger partial charge in [0.25, 0.3) is 0 Å². The van der Waals surface area contributed by atoms with E-state index in [4.69, 9.17) is 0 Å². The van der Waals surface area contributed by atoms with Gasteiger partial charge in [0, 0.05) is 57.7 Å². The fourth-order valence-electron chi connectivity index (χ4n) is 2.53. The molecule has 2 heterocycles. The molecule has 0 unspecified atom stereocenters. The highest BCUT2D eigenvalue weighted by Crippen LogP contribution is 2.17. The molecule has 4 nitrogen and oxygen atoms in total. The molecular weight excluding hydrogens is 236 g/mol. The van der Waals surface area contributed by atoms with Crippen molar-refractivity contribution in [3.8, 4) is 11.4 Å². The SMILES string of the molecule is Cn1ccnc1-c1ccc(CN2CCNCC2)cc1. The van der Waals surface area contributed by atoms with E-state index in [0.29, 0.717) is 0 Å². The second-order valence-corrected chi connectivity index (χ2v) is 5.08. The number of rotatable bonds is 3. The zero-order valence-corrected chi connectivity index (χ0v) is 11.3. The molecule has 0 bridgehead atoms. The van der Waals surface area contributed by atoms with Crippen molar-refractivity contribution in [3.05, 3.63) is 42.2 Å². The quantitative estimate of drug-likeness (QED) is 0.903. The van der Waals surface area contributed by atoms with E-state index in [1.807, 2.05) is 24.0 Å². The summed E-state index contributed by atoms with van der Waals surface area (Å²) in [5, 5.41) is 3.38. The van der Waals surface area contributed by atoms with Crippen LogP contribution in [-0.2, 0) is 13.6 Å². The van der Waals surface area contributed by atoms with Crippen molar-refractivity contribution in [1.29, 1.82) is 0 Å². The molecule has 19 heavy (non-hydrogen) atoms. The molecule has 1 aromatic heterocycles. The van der Waals surface area contributed by atoms with E-state index >= 15 is 0 Å². The normalized spacial score (nSPS) is 16.7. The van der Waals surface area contributed by atoms with Crippen molar-refractivity contribution in [2.75, 3.05) is 26.2 Å². The Morgan fingerprint density at radius 3 is 2.53 bits per heavy atom. The van der Waals surface area contributed by atoms with Crippen LogP contribution in [0.1, 0.15) is 5.56 Å². The zero-order valence-electron chi connectivity index (χ0n) is 11.3. The van der Waals surface area contributed by atoms with Crippen LogP contribution < -0.4 is 5.32 Å². The molecule has 0 amide bonds. The first kappa shape index (κ1) is 12.4. The van der Waals surface area contributed by atoms with E-state index in [-0.39, 0.29) is 0 Å². The van der Waals surface area contributed by atoms with E-state index < -0.39 is 0 Å². The lowest BCUT2D eigenvalue weighted by atomic mass is 10.1. The van der Waals surface area contributed by atoms with E-state index in [0.717, 1.165) is 38.5 Å². The lowest BCUT2D eigenvalue weighted by Gasteiger charge is -2.27. The Kier molecular flexibility index (Phi) is 3.62. The van der Waals surface area contributed by atoms with Crippen molar-refractivity contribution < 1.29 is 0 Å². The number of nitrogens with one attached hydrogen (secondary N) is 1. The average Bonchev–Trinajstić information content (AvgIpc) is 2.87. The van der Waals surface area contributed by atoms with Gasteiger partial charge in [-0.15, -0.1) is 0 Å². The summed E-state index contributed by atoms with van der Waals surface area (Å²) >= 11 is 0. The van der Waals surface area contributed by atoms with E-state index in [2.05, 4.69) is 39.5 Å². The Labute approximate surface area is 114 Å². The maximum absolute atomic E-state index is 4.38. The first-order valence-corrected chi connectivity index (χ1v) is 6.82. The van der Waals surface area contributed by atoms with Crippen LogP contribution in [0.3, 0.4) is 0 Å². The predicted molar refractivity (Wildman–Crippen MR) is 76.8 cm³/mol. The Morgan fingerprint density at radius 2 is 1.89 bits per heavy atom. The molecule has 1 aliphatic heterocycles. The van der Waals surface area contributed by atoms with Crippen molar-refractivity contribution >= 4 is 0 Å². The van der Waals surface area contributed by atoms with Gasteiger partial charge in [0.2, 0.25) is 0 Å². The van der Waals surface area contributed by atoms with Gasteiger partial charge in [0.1, 0.15) is 5.82 Å². The summed E-state index contributed by atoms with van der Waals surface area (Å²) in [5.74, 6) is 1.02. The van der Waals surface area contributed by atoms with Crippen LogP contribution in [0.5, 0.6) is 0 Å². The van der Waals surface area contributed by atoms with Gasteiger partial charge in [0.15, 0.2) is 0 Å². The van der Waals surface area contributed by atoms with Crippen LogP contribution in [0.4, 0.5) is 0 Å². The van der Waals surface area contributed by atoms with Crippen LogP contribution in [0.15, 0.2) is 36.7 Å². The van der Waals surface area contributed by atoms with Gasteiger partial charge in [0.05, 0.1) is 0 Å². The number of benzene rings is 1. The molecule has 4 heteroatoms. The Hall–Kier alpha value is -1.65. The third kappa shape index (κ3) is 2.85. The molecule has 3 rings (SSSR count). The molecule has 0 aliphatic carbocycles. The monoisotopic (exact) mass is 256 g/mol. The number of hydrogen-bond acceptors (Lipinski definition) is 3. The minimum Gasteiger partial charge on any atom is -0.334 e. The maximum atomic E-state index is 4.38. The number of hydrogen-bond donors (Lipinski definition) is 1. The molecule has 0 atom stereocenters. The summed E-state index contributed by atoms with van der Waals surface area (Å²) < 4.78 is 2.05. The van der Waals surface area contributed by atoms with E-state index in [1.165, 1.54) is 11.1 Å². The van der Waals surface area contributed by atoms with Gasteiger partial charge in [-0.2, -0.15) is 0 Å². The third-order valence-corrected chi connectivity index (χ3v) is 3.65. The second kappa shape index (κ2) is 5.55. The summed E-state index contributed by atoms with van der Waals surface area (Å²) in [7, 11) is 2.02. The molecule has 0 spiro atoms. The molecular formula is C15H20N4. The van der Waals surface area contributed by atoms with Crippen molar-refractivity contribution in [3.63, 3.8) is 0 Å². The Bertz CT molecular complexity index is 523. The van der Waals surface area contributed by atoms with Crippen LogP contribution in [0.2, 0.25) is 0 Å². The maximum Gasteiger partial charge on any atom is 0.139 e. The number of piperazine rings is 1. The number of aromatic nitrogens is 2. The van der Waals surface area contributed by atoms with Gasteiger partial charge in [-0.3, -0.25) is 4.90 Å². The molecule has 100 valence electrons. The topological polar surface area (TPSA) is 33.1 Å². The second-order valence-electron chi connectivity index (χ2n) is 5.08. The summed E-state index contributed by atoms with van der Waals surface area (Å²) in [6, 6.07) is 8.76. The molecule has 2 aromatic rings.